The van der Waals surface area contributed by atoms with Gasteiger partial charge in [-0.15, -0.1) is 0 Å². The lowest BCUT2D eigenvalue weighted by Gasteiger charge is -2.17. The van der Waals surface area contributed by atoms with Crippen molar-refractivity contribution >= 4 is 35.1 Å². The number of likely N-dealkylation sites (tertiary alicyclic amines) is 1. The minimum absolute atomic E-state index is 0.0568. The van der Waals surface area contributed by atoms with E-state index in [0.717, 1.165) is 5.56 Å². The number of anilines is 1. The van der Waals surface area contributed by atoms with Crippen LogP contribution in [0, 0.1) is 12.8 Å². The number of hydrogen-bond acceptors (Lipinski definition) is 5. The summed E-state index contributed by atoms with van der Waals surface area (Å²) in [5.41, 5.74) is 1.40. The van der Waals surface area contributed by atoms with Crippen LogP contribution in [-0.4, -0.2) is 35.3 Å². The summed E-state index contributed by atoms with van der Waals surface area (Å²) in [5, 5.41) is 3.20. The number of ether oxygens (including phenoxy) is 1. The Morgan fingerprint density at radius 3 is 2.89 bits per heavy atom. The fourth-order valence-electron chi connectivity index (χ4n) is 2.96. The maximum absolute atomic E-state index is 12.4. The topological polar surface area (TPSA) is 88.8 Å². The number of nitrogens with zero attached hydrogens (tertiary/aromatic N) is 1. The molecule has 0 bridgehead atoms. The first-order valence-corrected chi connectivity index (χ1v) is 9.29. The molecular weight excluding hydrogens is 384 g/mol. The number of aryl methyl sites for hydroxylation is 1. The largest absolute Gasteiger partial charge is 0.467 e. The highest BCUT2D eigenvalue weighted by atomic mass is 35.5. The Hall–Kier alpha value is -2.80. The molecule has 28 heavy (non-hydrogen) atoms. The molecule has 1 aromatic carbocycles. The van der Waals surface area contributed by atoms with Crippen molar-refractivity contribution in [3.05, 3.63) is 52.9 Å². The first kappa shape index (κ1) is 19.9. The molecular formula is C20H21ClN2O5. The van der Waals surface area contributed by atoms with Crippen molar-refractivity contribution in [2.75, 3.05) is 11.9 Å². The summed E-state index contributed by atoms with van der Waals surface area (Å²) in [6.45, 7) is 3.87. The van der Waals surface area contributed by atoms with E-state index in [-0.39, 0.29) is 18.9 Å². The molecule has 0 saturated carbocycles. The maximum Gasteiger partial charge on any atom is 0.312 e. The van der Waals surface area contributed by atoms with Gasteiger partial charge in [0, 0.05) is 23.7 Å². The average Bonchev–Trinajstić information content (AvgIpc) is 3.28. The second-order valence-electron chi connectivity index (χ2n) is 6.78. The van der Waals surface area contributed by atoms with Crippen LogP contribution in [0.1, 0.15) is 24.7 Å². The van der Waals surface area contributed by atoms with Gasteiger partial charge in [0.15, 0.2) is 6.10 Å². The number of esters is 1. The molecule has 0 unspecified atom stereocenters. The lowest BCUT2D eigenvalue weighted by Crippen LogP contribution is -2.33. The van der Waals surface area contributed by atoms with Gasteiger partial charge in [0.2, 0.25) is 5.91 Å². The molecule has 0 spiro atoms. The Morgan fingerprint density at radius 1 is 1.39 bits per heavy atom. The fraction of sp³-hybridized carbons (Fsp3) is 0.350. The number of benzene rings is 1. The SMILES string of the molecule is Cc1ccc(Cl)cc1NC(=O)[C@@H](C)OC(=O)[C@@H]1CC(=O)N(Cc2ccco2)C1. The number of hydrogen-bond donors (Lipinski definition) is 1. The molecule has 2 heterocycles. The van der Waals surface area contributed by atoms with Gasteiger partial charge in [-0.05, 0) is 43.7 Å². The van der Waals surface area contributed by atoms with Crippen LogP contribution in [0.15, 0.2) is 41.0 Å². The van der Waals surface area contributed by atoms with E-state index in [1.807, 2.05) is 6.92 Å². The van der Waals surface area contributed by atoms with Crippen LogP contribution in [-0.2, 0) is 25.7 Å². The Balaban J connectivity index is 1.54. The summed E-state index contributed by atoms with van der Waals surface area (Å²) in [6.07, 6.45) is 0.588. The van der Waals surface area contributed by atoms with Crippen molar-refractivity contribution in [1.82, 2.24) is 4.90 Å². The molecule has 148 valence electrons. The number of furan rings is 1. The van der Waals surface area contributed by atoms with E-state index in [9.17, 15) is 14.4 Å². The molecule has 0 aliphatic carbocycles. The number of carbonyl (C=O) groups excluding carboxylic acids is 3. The van der Waals surface area contributed by atoms with Crippen LogP contribution in [0.25, 0.3) is 0 Å². The number of nitrogens with one attached hydrogen (secondary N) is 1. The molecule has 1 aromatic heterocycles. The van der Waals surface area contributed by atoms with Crippen LogP contribution >= 0.6 is 11.6 Å². The van der Waals surface area contributed by atoms with Gasteiger partial charge in [-0.1, -0.05) is 17.7 Å². The van der Waals surface area contributed by atoms with Crippen LogP contribution in [0.2, 0.25) is 5.02 Å². The minimum atomic E-state index is -1.000. The lowest BCUT2D eigenvalue weighted by atomic mass is 10.1. The zero-order valence-electron chi connectivity index (χ0n) is 15.6. The van der Waals surface area contributed by atoms with Crippen molar-refractivity contribution < 1.29 is 23.5 Å². The van der Waals surface area contributed by atoms with E-state index in [1.54, 1.807) is 35.2 Å². The predicted molar refractivity (Wildman–Crippen MR) is 103 cm³/mol. The summed E-state index contributed by atoms with van der Waals surface area (Å²) in [4.78, 5) is 38.4. The van der Waals surface area contributed by atoms with E-state index in [0.29, 0.717) is 23.0 Å². The normalized spacial score (nSPS) is 17.5. The molecule has 1 N–H and O–H groups in total. The quantitative estimate of drug-likeness (QED) is 0.747. The van der Waals surface area contributed by atoms with Crippen LogP contribution in [0.5, 0.6) is 0 Å². The molecule has 1 fully saturated rings. The molecule has 1 saturated heterocycles. The lowest BCUT2D eigenvalue weighted by molar-refractivity contribution is -0.157. The van der Waals surface area contributed by atoms with E-state index >= 15 is 0 Å². The number of halogens is 1. The third kappa shape index (κ3) is 4.72. The maximum atomic E-state index is 12.4. The molecule has 1 aliphatic heterocycles. The van der Waals surface area contributed by atoms with Crippen molar-refractivity contribution in [2.24, 2.45) is 5.92 Å². The summed E-state index contributed by atoms with van der Waals surface area (Å²) in [5.74, 6) is -1.14. The third-order valence-corrected chi connectivity index (χ3v) is 4.83. The van der Waals surface area contributed by atoms with E-state index < -0.39 is 23.9 Å². The second-order valence-corrected chi connectivity index (χ2v) is 7.22. The first-order chi connectivity index (χ1) is 13.3. The van der Waals surface area contributed by atoms with Gasteiger partial charge in [-0.3, -0.25) is 14.4 Å². The predicted octanol–water partition coefficient (Wildman–Crippen LogP) is 3.16. The number of carbonyl (C=O) groups is 3. The summed E-state index contributed by atoms with van der Waals surface area (Å²) in [7, 11) is 0. The van der Waals surface area contributed by atoms with Crippen molar-refractivity contribution in [1.29, 1.82) is 0 Å². The van der Waals surface area contributed by atoms with Crippen LogP contribution in [0.3, 0.4) is 0 Å². The third-order valence-electron chi connectivity index (χ3n) is 4.59. The van der Waals surface area contributed by atoms with Gasteiger partial charge < -0.3 is 19.4 Å². The van der Waals surface area contributed by atoms with Gasteiger partial charge >= 0.3 is 5.97 Å². The Labute approximate surface area is 167 Å². The smallest absolute Gasteiger partial charge is 0.312 e. The Kier molecular flexibility index (Phi) is 6.04. The van der Waals surface area contributed by atoms with Crippen molar-refractivity contribution in [3.8, 4) is 0 Å². The van der Waals surface area contributed by atoms with Gasteiger partial charge in [0.1, 0.15) is 5.76 Å². The van der Waals surface area contributed by atoms with Gasteiger partial charge in [-0.2, -0.15) is 0 Å². The zero-order chi connectivity index (χ0) is 20.3. The highest BCUT2D eigenvalue weighted by Gasteiger charge is 2.36. The summed E-state index contributed by atoms with van der Waals surface area (Å²) in [6, 6.07) is 8.64. The van der Waals surface area contributed by atoms with Crippen LogP contribution in [0.4, 0.5) is 5.69 Å². The number of rotatable bonds is 6. The number of amides is 2. The monoisotopic (exact) mass is 404 g/mol. The van der Waals surface area contributed by atoms with E-state index in [4.69, 9.17) is 20.8 Å². The fourth-order valence-corrected chi connectivity index (χ4v) is 3.13. The highest BCUT2D eigenvalue weighted by molar-refractivity contribution is 6.31. The van der Waals surface area contributed by atoms with E-state index in [1.165, 1.54) is 13.2 Å². The molecule has 3 rings (SSSR count). The molecule has 2 aromatic rings. The van der Waals surface area contributed by atoms with Gasteiger partial charge in [-0.25, -0.2) is 0 Å². The average molecular weight is 405 g/mol. The Bertz CT molecular complexity index is 881. The second kappa shape index (κ2) is 8.48. The molecule has 7 nitrogen and oxygen atoms in total. The van der Waals surface area contributed by atoms with Crippen molar-refractivity contribution in [2.45, 2.75) is 32.9 Å². The molecule has 1 aliphatic rings. The first-order valence-electron chi connectivity index (χ1n) is 8.91. The van der Waals surface area contributed by atoms with Gasteiger partial charge in [0.25, 0.3) is 5.91 Å². The molecule has 0 radical (unpaired) electrons. The molecule has 2 amide bonds. The standard InChI is InChI=1S/C20H21ClN2O5/c1-12-5-6-15(21)9-17(12)22-19(25)13(2)28-20(26)14-8-18(24)23(10-14)11-16-4-3-7-27-16/h3-7,9,13-14H,8,10-11H2,1-2H3,(H,22,25)/t13-,14-/m1/s1. The van der Waals surface area contributed by atoms with Crippen LogP contribution < -0.4 is 5.32 Å². The van der Waals surface area contributed by atoms with E-state index in [2.05, 4.69) is 5.32 Å². The molecule has 8 heteroatoms. The highest BCUT2D eigenvalue weighted by Crippen LogP contribution is 2.23. The van der Waals surface area contributed by atoms with Gasteiger partial charge in [0.05, 0.1) is 18.7 Å². The summed E-state index contributed by atoms with van der Waals surface area (Å²) < 4.78 is 10.5. The summed E-state index contributed by atoms with van der Waals surface area (Å²) >= 11 is 5.95. The molecule has 2 atom stereocenters. The Morgan fingerprint density at radius 2 is 2.18 bits per heavy atom. The zero-order valence-corrected chi connectivity index (χ0v) is 16.4. The minimum Gasteiger partial charge on any atom is -0.467 e. The van der Waals surface area contributed by atoms with Crippen molar-refractivity contribution in [3.63, 3.8) is 0 Å².